The van der Waals surface area contributed by atoms with Crippen molar-refractivity contribution in [3.8, 4) is 0 Å². The number of hydrogen-bond acceptors (Lipinski definition) is 3. The predicted octanol–water partition coefficient (Wildman–Crippen LogP) is 2.34. The van der Waals surface area contributed by atoms with Crippen molar-refractivity contribution in [1.82, 2.24) is 14.7 Å². The summed E-state index contributed by atoms with van der Waals surface area (Å²) in [6.45, 7) is 2.43. The molecule has 118 valence electrons. The van der Waals surface area contributed by atoms with E-state index in [1.54, 1.807) is 10.9 Å². The molecule has 1 aromatic heterocycles. The summed E-state index contributed by atoms with van der Waals surface area (Å²) in [5.41, 5.74) is 1.41. The van der Waals surface area contributed by atoms with E-state index in [4.69, 9.17) is 0 Å². The minimum atomic E-state index is -0.350. The Morgan fingerprint density at radius 2 is 2.05 bits per heavy atom. The fourth-order valence-corrected chi connectivity index (χ4v) is 3.39. The van der Waals surface area contributed by atoms with Gasteiger partial charge in [0.15, 0.2) is 0 Å². The van der Waals surface area contributed by atoms with Crippen LogP contribution < -0.4 is 0 Å². The molecular formula is C18H25N3O. The number of benzene rings is 1. The lowest BCUT2D eigenvalue weighted by atomic mass is 10.0. The number of nitrogens with zero attached hydrogens (tertiary/aromatic N) is 3. The van der Waals surface area contributed by atoms with E-state index in [1.165, 1.54) is 24.8 Å². The van der Waals surface area contributed by atoms with Crippen LogP contribution in [0.4, 0.5) is 0 Å². The van der Waals surface area contributed by atoms with Gasteiger partial charge in [0.2, 0.25) is 0 Å². The van der Waals surface area contributed by atoms with Crippen LogP contribution >= 0.6 is 0 Å². The molecule has 1 aromatic carbocycles. The van der Waals surface area contributed by atoms with Gasteiger partial charge < -0.3 is 5.11 Å². The molecule has 3 rings (SSSR count). The lowest BCUT2D eigenvalue weighted by Gasteiger charge is -2.27. The van der Waals surface area contributed by atoms with Crippen LogP contribution in [-0.4, -0.2) is 45.0 Å². The molecule has 22 heavy (non-hydrogen) atoms. The van der Waals surface area contributed by atoms with Gasteiger partial charge in [-0.2, -0.15) is 5.10 Å². The van der Waals surface area contributed by atoms with Crippen molar-refractivity contribution in [3.05, 3.63) is 54.4 Å². The summed E-state index contributed by atoms with van der Waals surface area (Å²) in [5, 5.41) is 14.4. The maximum Gasteiger partial charge on any atom is 0.0862 e. The third-order valence-electron chi connectivity index (χ3n) is 4.51. The van der Waals surface area contributed by atoms with E-state index in [0.29, 0.717) is 12.6 Å². The molecule has 1 N–H and O–H groups in total. The summed E-state index contributed by atoms with van der Waals surface area (Å²) in [5.74, 6) is 0. The average Bonchev–Trinajstić information content (AvgIpc) is 3.18. The molecule has 1 aliphatic heterocycles. The van der Waals surface area contributed by atoms with Gasteiger partial charge in [-0.3, -0.25) is 9.58 Å². The Labute approximate surface area is 132 Å². The lowest BCUT2D eigenvalue weighted by Crippen LogP contribution is -2.38. The Bertz CT molecular complexity index is 541. The highest BCUT2D eigenvalue weighted by molar-refractivity contribution is 5.14. The van der Waals surface area contributed by atoms with Crippen molar-refractivity contribution in [1.29, 1.82) is 0 Å². The normalized spacial score (nSPS) is 20.3. The molecule has 4 heteroatoms. The van der Waals surface area contributed by atoms with Gasteiger partial charge in [-0.1, -0.05) is 30.3 Å². The first-order chi connectivity index (χ1) is 10.8. The number of β-amino-alcohol motifs (C(OH)–C–C–N with tert-alkyl or cyclic N) is 1. The number of likely N-dealkylation sites (tertiary alicyclic amines) is 1. The highest BCUT2D eigenvalue weighted by atomic mass is 16.3. The van der Waals surface area contributed by atoms with Crippen molar-refractivity contribution in [2.75, 3.05) is 13.1 Å². The van der Waals surface area contributed by atoms with E-state index in [9.17, 15) is 5.11 Å². The van der Waals surface area contributed by atoms with Gasteiger partial charge in [0.1, 0.15) is 0 Å². The first-order valence-corrected chi connectivity index (χ1v) is 8.25. The topological polar surface area (TPSA) is 41.3 Å². The Hall–Kier alpha value is -1.65. The van der Waals surface area contributed by atoms with Gasteiger partial charge >= 0.3 is 0 Å². The number of rotatable bonds is 7. The molecule has 2 aromatic rings. The van der Waals surface area contributed by atoms with Crippen LogP contribution in [0, 0.1) is 0 Å². The van der Waals surface area contributed by atoms with Gasteiger partial charge in [0, 0.05) is 25.0 Å². The maximum atomic E-state index is 10.3. The Morgan fingerprint density at radius 1 is 1.18 bits per heavy atom. The highest BCUT2D eigenvalue weighted by Gasteiger charge is 2.26. The predicted molar refractivity (Wildman–Crippen MR) is 87.6 cm³/mol. The standard InChI is InChI=1S/C18H25N3O/c22-18(15-21-13-5-11-19-21)14-20-12-4-8-17(20)10-9-16-6-2-1-3-7-16/h1-3,5-7,11,13,17-18,22H,4,8-10,12,14-15H2/t17-,18-/m0/s1. The second-order valence-electron chi connectivity index (χ2n) is 6.20. The van der Waals surface area contributed by atoms with E-state index >= 15 is 0 Å². The zero-order valence-corrected chi connectivity index (χ0v) is 13.0. The van der Waals surface area contributed by atoms with Crippen molar-refractivity contribution < 1.29 is 5.11 Å². The second-order valence-corrected chi connectivity index (χ2v) is 6.20. The molecule has 0 saturated carbocycles. The largest absolute Gasteiger partial charge is 0.390 e. The zero-order valence-electron chi connectivity index (χ0n) is 13.0. The SMILES string of the molecule is O[C@@H](CN1CCC[C@H]1CCc1ccccc1)Cn1cccn1. The molecule has 0 spiro atoms. The molecule has 0 amide bonds. The van der Waals surface area contributed by atoms with Gasteiger partial charge in [-0.25, -0.2) is 0 Å². The molecule has 1 saturated heterocycles. The Morgan fingerprint density at radius 3 is 2.82 bits per heavy atom. The lowest BCUT2D eigenvalue weighted by molar-refractivity contribution is 0.0874. The second kappa shape index (κ2) is 7.56. The van der Waals surface area contributed by atoms with Gasteiger partial charge in [0.25, 0.3) is 0 Å². The van der Waals surface area contributed by atoms with E-state index in [0.717, 1.165) is 19.5 Å². The fraction of sp³-hybridized carbons (Fsp3) is 0.500. The van der Waals surface area contributed by atoms with Crippen LogP contribution in [0.15, 0.2) is 48.8 Å². The first kappa shape index (κ1) is 15.3. The average molecular weight is 299 g/mol. The summed E-state index contributed by atoms with van der Waals surface area (Å²) in [7, 11) is 0. The summed E-state index contributed by atoms with van der Waals surface area (Å²) in [6.07, 6.45) is 8.10. The van der Waals surface area contributed by atoms with Gasteiger partial charge in [-0.05, 0) is 43.9 Å². The Balaban J connectivity index is 1.47. The molecule has 0 radical (unpaired) electrons. The highest BCUT2D eigenvalue weighted by Crippen LogP contribution is 2.22. The molecule has 1 aliphatic rings. The molecule has 4 nitrogen and oxygen atoms in total. The van der Waals surface area contributed by atoms with E-state index < -0.39 is 0 Å². The maximum absolute atomic E-state index is 10.3. The number of aliphatic hydroxyl groups excluding tert-OH is 1. The summed E-state index contributed by atoms with van der Waals surface area (Å²) in [6, 6.07) is 13.2. The molecule has 1 fully saturated rings. The first-order valence-electron chi connectivity index (χ1n) is 8.25. The summed E-state index contributed by atoms with van der Waals surface area (Å²) < 4.78 is 1.81. The fourth-order valence-electron chi connectivity index (χ4n) is 3.39. The molecule has 2 heterocycles. The van der Waals surface area contributed by atoms with Crippen LogP contribution in [0.5, 0.6) is 0 Å². The van der Waals surface area contributed by atoms with Crippen LogP contribution in [0.3, 0.4) is 0 Å². The minimum absolute atomic E-state index is 0.350. The molecule has 0 unspecified atom stereocenters. The van der Waals surface area contributed by atoms with Crippen molar-refractivity contribution in [2.45, 2.75) is 44.4 Å². The zero-order chi connectivity index (χ0) is 15.2. The quantitative estimate of drug-likeness (QED) is 0.853. The third kappa shape index (κ3) is 4.18. The number of aliphatic hydroxyl groups is 1. The van der Waals surface area contributed by atoms with E-state index in [-0.39, 0.29) is 6.10 Å². The summed E-state index contributed by atoms with van der Waals surface area (Å²) in [4.78, 5) is 2.46. The molecular weight excluding hydrogens is 274 g/mol. The van der Waals surface area contributed by atoms with Crippen LogP contribution in [0.25, 0.3) is 0 Å². The molecule has 0 bridgehead atoms. The van der Waals surface area contributed by atoms with Gasteiger partial charge in [-0.15, -0.1) is 0 Å². The van der Waals surface area contributed by atoms with Gasteiger partial charge in [0.05, 0.1) is 12.6 Å². The number of aryl methyl sites for hydroxylation is 1. The van der Waals surface area contributed by atoms with Crippen LogP contribution in [0.1, 0.15) is 24.8 Å². The monoisotopic (exact) mass is 299 g/mol. The van der Waals surface area contributed by atoms with Crippen molar-refractivity contribution in [3.63, 3.8) is 0 Å². The smallest absolute Gasteiger partial charge is 0.0862 e. The third-order valence-corrected chi connectivity index (χ3v) is 4.51. The number of hydrogen-bond donors (Lipinski definition) is 1. The Kier molecular flexibility index (Phi) is 5.24. The van der Waals surface area contributed by atoms with Crippen LogP contribution in [0.2, 0.25) is 0 Å². The van der Waals surface area contributed by atoms with Crippen molar-refractivity contribution in [2.24, 2.45) is 0 Å². The number of aromatic nitrogens is 2. The molecule has 0 aliphatic carbocycles. The molecule has 2 atom stereocenters. The van der Waals surface area contributed by atoms with E-state index in [1.807, 2.05) is 12.3 Å². The van der Waals surface area contributed by atoms with E-state index in [2.05, 4.69) is 40.3 Å². The summed E-state index contributed by atoms with van der Waals surface area (Å²) >= 11 is 0. The van der Waals surface area contributed by atoms with Crippen molar-refractivity contribution >= 4 is 0 Å². The van der Waals surface area contributed by atoms with Crippen LogP contribution in [-0.2, 0) is 13.0 Å². The minimum Gasteiger partial charge on any atom is -0.390 e.